The lowest BCUT2D eigenvalue weighted by molar-refractivity contribution is -0.113. The van der Waals surface area contributed by atoms with Gasteiger partial charge in [0.25, 0.3) is 5.56 Å². The number of nitrogens with zero attached hydrogens (tertiary/aromatic N) is 3. The lowest BCUT2D eigenvalue weighted by Crippen LogP contribution is -2.48. The molecule has 2 aromatic rings. The molecule has 136 valence electrons. The Morgan fingerprint density at radius 2 is 2.27 bits per heavy atom. The molecular weight excluding hydrogens is 388 g/mol. The highest BCUT2D eigenvalue weighted by Crippen LogP contribution is 2.36. The van der Waals surface area contributed by atoms with Gasteiger partial charge in [-0.3, -0.25) is 9.59 Å². The standard InChI is InChI=1S/C17H18N4O2S3/c22-14(19-16-18-4-5-25-16)10-26-17(24)20-7-11-6-12(9-20)13-2-1-3-15(23)21(13)8-11/h1-5,11-12H,6-10H2,(H,18,19,22)/t11-,12+/m1/s1. The fourth-order valence-corrected chi connectivity index (χ4v) is 5.23. The summed E-state index contributed by atoms with van der Waals surface area (Å²) in [6.45, 7) is 2.40. The molecule has 2 aromatic heterocycles. The molecule has 4 heterocycles. The van der Waals surface area contributed by atoms with Crippen LogP contribution < -0.4 is 10.9 Å². The van der Waals surface area contributed by atoms with Gasteiger partial charge in [0.05, 0.1) is 5.75 Å². The number of thiocarbonyl (C=S) groups is 1. The Labute approximate surface area is 164 Å². The van der Waals surface area contributed by atoms with Crippen molar-refractivity contribution >= 4 is 50.7 Å². The third-order valence-corrected chi connectivity index (χ3v) is 6.96. The number of carbonyl (C=O) groups excluding carboxylic acids is 1. The topological polar surface area (TPSA) is 67.2 Å². The summed E-state index contributed by atoms with van der Waals surface area (Å²) in [4.78, 5) is 30.3. The lowest BCUT2D eigenvalue weighted by Gasteiger charge is -2.43. The smallest absolute Gasteiger partial charge is 0.250 e. The number of hydrogen-bond donors (Lipinski definition) is 1. The van der Waals surface area contributed by atoms with Gasteiger partial charge in [-0.05, 0) is 18.4 Å². The normalized spacial score (nSPS) is 21.2. The fourth-order valence-electron chi connectivity index (χ4n) is 3.70. The summed E-state index contributed by atoms with van der Waals surface area (Å²) in [5, 5.41) is 5.20. The zero-order valence-electron chi connectivity index (χ0n) is 14.0. The van der Waals surface area contributed by atoms with Crippen molar-refractivity contribution in [1.82, 2.24) is 14.5 Å². The van der Waals surface area contributed by atoms with Gasteiger partial charge in [0.2, 0.25) is 5.91 Å². The molecule has 0 radical (unpaired) electrons. The van der Waals surface area contributed by atoms with E-state index in [1.807, 2.05) is 22.1 Å². The van der Waals surface area contributed by atoms with Gasteiger partial charge < -0.3 is 14.8 Å². The second-order valence-electron chi connectivity index (χ2n) is 6.54. The Morgan fingerprint density at radius 3 is 3.08 bits per heavy atom. The number of aromatic nitrogens is 2. The average Bonchev–Trinajstić information content (AvgIpc) is 3.13. The Hall–Kier alpha value is -1.71. The number of fused-ring (bicyclic) bond motifs is 4. The molecule has 0 aliphatic carbocycles. The zero-order chi connectivity index (χ0) is 18.1. The zero-order valence-corrected chi connectivity index (χ0v) is 16.4. The van der Waals surface area contributed by atoms with Crippen LogP contribution in [0.3, 0.4) is 0 Å². The molecule has 6 nitrogen and oxygen atoms in total. The van der Waals surface area contributed by atoms with E-state index in [1.54, 1.807) is 12.3 Å². The first-order valence-corrected chi connectivity index (χ1v) is 10.7. The minimum atomic E-state index is -0.0959. The highest BCUT2D eigenvalue weighted by molar-refractivity contribution is 8.23. The van der Waals surface area contributed by atoms with Gasteiger partial charge in [0.15, 0.2) is 5.13 Å². The third kappa shape index (κ3) is 3.70. The number of piperidine rings is 1. The summed E-state index contributed by atoms with van der Waals surface area (Å²) in [6, 6.07) is 5.51. The number of thiazole rings is 1. The first kappa shape index (κ1) is 17.7. The van der Waals surface area contributed by atoms with E-state index < -0.39 is 0 Å². The van der Waals surface area contributed by atoms with Crippen molar-refractivity contribution in [3.8, 4) is 0 Å². The van der Waals surface area contributed by atoms with Crippen molar-refractivity contribution in [3.05, 3.63) is 45.8 Å². The molecule has 0 aromatic carbocycles. The van der Waals surface area contributed by atoms with E-state index in [4.69, 9.17) is 12.2 Å². The van der Waals surface area contributed by atoms with Gasteiger partial charge in [-0.15, -0.1) is 11.3 Å². The van der Waals surface area contributed by atoms with Gasteiger partial charge in [0, 0.05) is 48.9 Å². The number of carbonyl (C=O) groups is 1. The van der Waals surface area contributed by atoms with E-state index in [0.717, 1.165) is 36.1 Å². The molecular formula is C17H18N4O2S3. The van der Waals surface area contributed by atoms with Crippen LogP contribution in [0.2, 0.25) is 0 Å². The number of likely N-dealkylation sites (tertiary alicyclic amines) is 1. The molecule has 0 unspecified atom stereocenters. The first-order valence-electron chi connectivity index (χ1n) is 8.41. The van der Waals surface area contributed by atoms with E-state index in [1.165, 1.54) is 23.1 Å². The van der Waals surface area contributed by atoms with E-state index >= 15 is 0 Å². The molecule has 1 saturated heterocycles. The van der Waals surface area contributed by atoms with Gasteiger partial charge in [-0.2, -0.15) is 0 Å². The van der Waals surface area contributed by atoms with Crippen LogP contribution in [0.4, 0.5) is 5.13 Å². The first-order chi connectivity index (χ1) is 12.6. The predicted octanol–water partition coefficient (Wildman–Crippen LogP) is 2.38. The van der Waals surface area contributed by atoms with Crippen molar-refractivity contribution in [1.29, 1.82) is 0 Å². The minimum absolute atomic E-state index is 0.0847. The Morgan fingerprint density at radius 1 is 1.38 bits per heavy atom. The van der Waals surface area contributed by atoms with Crippen LogP contribution in [0, 0.1) is 5.92 Å². The van der Waals surface area contributed by atoms with Crippen LogP contribution in [0.1, 0.15) is 18.0 Å². The van der Waals surface area contributed by atoms with Crippen molar-refractivity contribution < 1.29 is 4.79 Å². The van der Waals surface area contributed by atoms with Crippen molar-refractivity contribution in [2.24, 2.45) is 5.92 Å². The summed E-state index contributed by atoms with van der Waals surface area (Å²) in [5.74, 6) is 0.921. The summed E-state index contributed by atoms with van der Waals surface area (Å²) >= 11 is 8.36. The summed E-state index contributed by atoms with van der Waals surface area (Å²) in [6.07, 6.45) is 2.76. The molecule has 1 N–H and O–H groups in total. The SMILES string of the molecule is O=C(CSC(=S)N1C[C@H]2C[C@@H](C1)c1cccc(=O)n1C2)Nc1nccs1. The number of pyridine rings is 1. The third-order valence-electron chi connectivity index (χ3n) is 4.74. The number of amides is 1. The molecule has 2 aliphatic rings. The highest BCUT2D eigenvalue weighted by atomic mass is 32.2. The fraction of sp³-hybridized carbons (Fsp3) is 0.412. The van der Waals surface area contributed by atoms with Crippen LogP contribution in [0.15, 0.2) is 34.6 Å². The number of hydrogen-bond acceptors (Lipinski definition) is 6. The molecule has 26 heavy (non-hydrogen) atoms. The molecule has 2 atom stereocenters. The van der Waals surface area contributed by atoms with Gasteiger partial charge in [-0.1, -0.05) is 30.0 Å². The number of rotatable bonds is 3. The molecule has 4 rings (SSSR count). The lowest BCUT2D eigenvalue weighted by atomic mass is 9.83. The summed E-state index contributed by atoms with van der Waals surface area (Å²) in [5.41, 5.74) is 1.19. The number of thioether (sulfide) groups is 1. The van der Waals surface area contributed by atoms with Crippen LogP contribution in [-0.2, 0) is 11.3 Å². The second-order valence-corrected chi connectivity index (χ2v) is 9.05. The molecule has 9 heteroatoms. The molecule has 0 spiro atoms. The van der Waals surface area contributed by atoms with Gasteiger partial charge >= 0.3 is 0 Å². The maximum Gasteiger partial charge on any atom is 0.250 e. The van der Waals surface area contributed by atoms with Crippen LogP contribution >= 0.6 is 35.3 Å². The minimum Gasteiger partial charge on any atom is -0.356 e. The molecule has 1 fully saturated rings. The largest absolute Gasteiger partial charge is 0.356 e. The molecule has 2 bridgehead atoms. The van der Waals surface area contributed by atoms with Gasteiger partial charge in [0.1, 0.15) is 4.32 Å². The van der Waals surface area contributed by atoms with Crippen molar-refractivity contribution in [3.63, 3.8) is 0 Å². The molecule has 1 amide bonds. The maximum absolute atomic E-state index is 12.1. The van der Waals surface area contributed by atoms with Crippen LogP contribution in [0.25, 0.3) is 0 Å². The van der Waals surface area contributed by atoms with Gasteiger partial charge in [-0.25, -0.2) is 4.98 Å². The number of anilines is 1. The molecule has 2 aliphatic heterocycles. The van der Waals surface area contributed by atoms with Crippen LogP contribution in [-0.4, -0.2) is 43.5 Å². The number of nitrogens with one attached hydrogen (secondary N) is 1. The van der Waals surface area contributed by atoms with Crippen LogP contribution in [0.5, 0.6) is 0 Å². The Balaban J connectivity index is 1.37. The predicted molar refractivity (Wildman–Crippen MR) is 109 cm³/mol. The van der Waals surface area contributed by atoms with Crippen molar-refractivity contribution in [2.45, 2.75) is 18.9 Å². The van der Waals surface area contributed by atoms with E-state index in [-0.39, 0.29) is 17.2 Å². The van der Waals surface area contributed by atoms with Crippen molar-refractivity contribution in [2.75, 3.05) is 24.2 Å². The second kappa shape index (κ2) is 7.50. The summed E-state index contributed by atoms with van der Waals surface area (Å²) < 4.78 is 2.66. The molecule has 0 saturated carbocycles. The highest BCUT2D eigenvalue weighted by Gasteiger charge is 2.35. The average molecular weight is 407 g/mol. The quantitative estimate of drug-likeness (QED) is 0.790. The van der Waals surface area contributed by atoms with E-state index in [2.05, 4.69) is 15.2 Å². The Kier molecular flexibility index (Phi) is 5.10. The Bertz CT molecular complexity index is 880. The van der Waals surface area contributed by atoms with E-state index in [0.29, 0.717) is 17.0 Å². The van der Waals surface area contributed by atoms with E-state index in [9.17, 15) is 9.59 Å². The maximum atomic E-state index is 12.1. The monoisotopic (exact) mass is 406 g/mol. The summed E-state index contributed by atoms with van der Waals surface area (Å²) in [7, 11) is 0.